The number of aliphatic hydroxyl groups excluding tert-OH is 1. The molecule has 1 amide bonds. The van der Waals surface area contributed by atoms with Crippen LogP contribution in [-0.4, -0.2) is 40.8 Å². The lowest BCUT2D eigenvalue weighted by atomic mass is 9.85. The Morgan fingerprint density at radius 3 is 2.73 bits per heavy atom. The Hall–Kier alpha value is -2.52. The highest BCUT2D eigenvalue weighted by Gasteiger charge is 2.47. The summed E-state index contributed by atoms with van der Waals surface area (Å²) in [5, 5.41) is 20.3. The predicted molar refractivity (Wildman–Crippen MR) is 114 cm³/mol. The van der Waals surface area contributed by atoms with Gasteiger partial charge in [0.25, 0.3) is 5.91 Å². The molecule has 0 spiro atoms. The van der Waals surface area contributed by atoms with E-state index >= 15 is 0 Å². The number of nitrogens with zero attached hydrogens (tertiary/aromatic N) is 2. The van der Waals surface area contributed by atoms with Gasteiger partial charge in [0, 0.05) is 11.6 Å². The lowest BCUT2D eigenvalue weighted by molar-refractivity contribution is -0.137. The molecule has 162 valence electrons. The second-order valence-corrected chi connectivity index (χ2v) is 8.65. The predicted octanol–water partition coefficient (Wildman–Crippen LogP) is 4.23. The van der Waals surface area contributed by atoms with Gasteiger partial charge in [0.2, 0.25) is 0 Å². The fourth-order valence-electron chi connectivity index (χ4n) is 4.09. The summed E-state index contributed by atoms with van der Waals surface area (Å²) in [5.74, 6) is 1.02. The van der Waals surface area contributed by atoms with Crippen molar-refractivity contribution < 1.29 is 19.4 Å². The molecule has 6 heteroatoms. The number of carbonyl (C=O) groups excluding carboxylic acids is 1. The monoisotopic (exact) mass is 412 g/mol. The number of fused-ring (bicyclic) bond motifs is 1. The summed E-state index contributed by atoms with van der Waals surface area (Å²) in [7, 11) is 0. The van der Waals surface area contributed by atoms with Gasteiger partial charge in [0.1, 0.15) is 23.2 Å². The Morgan fingerprint density at radius 1 is 1.27 bits per heavy atom. The molecular formula is C24H32N2O4. The average Bonchev–Trinajstić information content (AvgIpc) is 3.08. The first kappa shape index (κ1) is 22.2. The minimum absolute atomic E-state index is 0.192. The van der Waals surface area contributed by atoms with Crippen LogP contribution in [0.15, 0.2) is 30.0 Å². The lowest BCUT2D eigenvalue weighted by Gasteiger charge is -2.45. The molecule has 0 aromatic heterocycles. The Kier molecular flexibility index (Phi) is 7.04. The Labute approximate surface area is 179 Å². The molecule has 1 aromatic carbocycles. The van der Waals surface area contributed by atoms with E-state index in [1.165, 1.54) is 31.8 Å². The first-order valence-electron chi connectivity index (χ1n) is 10.9. The highest BCUT2D eigenvalue weighted by molar-refractivity contribution is 5.91. The van der Waals surface area contributed by atoms with Gasteiger partial charge in [-0.25, -0.2) is 0 Å². The number of unbranched alkanes of at least 4 members (excludes halogenated alkanes) is 5. The molecule has 1 N–H and O–H groups in total. The van der Waals surface area contributed by atoms with E-state index in [1.807, 2.05) is 0 Å². The highest BCUT2D eigenvalue weighted by atomic mass is 16.5. The fourth-order valence-corrected chi connectivity index (χ4v) is 4.09. The third-order valence-electron chi connectivity index (χ3n) is 5.86. The van der Waals surface area contributed by atoms with Crippen LogP contribution >= 0.6 is 0 Å². The van der Waals surface area contributed by atoms with Gasteiger partial charge in [-0.2, -0.15) is 5.26 Å². The highest BCUT2D eigenvalue weighted by Crippen LogP contribution is 2.44. The summed E-state index contributed by atoms with van der Waals surface area (Å²) in [5.41, 5.74) is 0.252. The third kappa shape index (κ3) is 4.79. The molecule has 0 saturated heterocycles. The van der Waals surface area contributed by atoms with E-state index in [4.69, 9.17) is 9.47 Å². The maximum absolute atomic E-state index is 12.8. The summed E-state index contributed by atoms with van der Waals surface area (Å²) < 4.78 is 11.8. The molecule has 0 unspecified atom stereocenters. The van der Waals surface area contributed by atoms with E-state index in [0.717, 1.165) is 12.8 Å². The van der Waals surface area contributed by atoms with Gasteiger partial charge in [-0.3, -0.25) is 4.79 Å². The van der Waals surface area contributed by atoms with Gasteiger partial charge >= 0.3 is 0 Å². The molecule has 30 heavy (non-hydrogen) atoms. The minimum Gasteiger partial charge on any atom is -0.496 e. The third-order valence-corrected chi connectivity index (χ3v) is 5.86. The molecule has 0 aliphatic carbocycles. The van der Waals surface area contributed by atoms with Gasteiger partial charge in [0.05, 0.1) is 30.8 Å². The van der Waals surface area contributed by atoms with Crippen LogP contribution in [0.4, 0.5) is 0 Å². The standard InChI is InChI=1S/C24H32N2O4/c1-4-5-6-7-8-9-12-29-18-14-21(27)26(16-18)22-19-13-17(15-25)10-11-20(19)30-24(2,3)23(22)28/h10-11,13-14,22-23,28H,4-9,12,16H2,1-3H3/t22-,23+/m1/s1. The summed E-state index contributed by atoms with van der Waals surface area (Å²) in [6.07, 6.45) is 7.65. The van der Waals surface area contributed by atoms with Crippen molar-refractivity contribution in [3.8, 4) is 11.8 Å². The van der Waals surface area contributed by atoms with Crippen molar-refractivity contribution in [2.45, 2.75) is 77.0 Å². The second-order valence-electron chi connectivity index (χ2n) is 8.65. The molecule has 2 atom stereocenters. The van der Waals surface area contributed by atoms with Crippen molar-refractivity contribution in [1.29, 1.82) is 5.26 Å². The van der Waals surface area contributed by atoms with Crippen molar-refractivity contribution in [2.24, 2.45) is 0 Å². The summed E-state index contributed by atoms with van der Waals surface area (Å²) in [4.78, 5) is 14.4. The van der Waals surface area contributed by atoms with Crippen molar-refractivity contribution >= 4 is 5.91 Å². The molecule has 0 fully saturated rings. The molecule has 6 nitrogen and oxygen atoms in total. The maximum atomic E-state index is 12.8. The van der Waals surface area contributed by atoms with E-state index in [1.54, 1.807) is 36.9 Å². The zero-order valence-electron chi connectivity index (χ0n) is 18.2. The van der Waals surface area contributed by atoms with E-state index in [-0.39, 0.29) is 5.91 Å². The number of nitriles is 1. The zero-order valence-corrected chi connectivity index (χ0v) is 18.2. The average molecular weight is 413 g/mol. The molecule has 2 aliphatic heterocycles. The lowest BCUT2D eigenvalue weighted by Crippen LogP contribution is -2.54. The van der Waals surface area contributed by atoms with E-state index < -0.39 is 17.7 Å². The fraction of sp³-hybridized carbons (Fsp3) is 0.583. The smallest absolute Gasteiger partial charge is 0.251 e. The maximum Gasteiger partial charge on any atom is 0.251 e. The van der Waals surface area contributed by atoms with Gasteiger partial charge < -0.3 is 19.5 Å². The number of aliphatic hydroxyl groups is 1. The molecule has 0 bridgehead atoms. The first-order valence-corrected chi connectivity index (χ1v) is 10.9. The Bertz CT molecular complexity index is 840. The minimum atomic E-state index is -0.936. The molecule has 3 rings (SSSR count). The van der Waals surface area contributed by atoms with Crippen LogP contribution in [-0.2, 0) is 9.53 Å². The number of hydrogen-bond donors (Lipinski definition) is 1. The summed E-state index contributed by atoms with van der Waals surface area (Å²) in [6, 6.07) is 6.63. The van der Waals surface area contributed by atoms with E-state index in [9.17, 15) is 15.2 Å². The van der Waals surface area contributed by atoms with Crippen molar-refractivity contribution in [3.63, 3.8) is 0 Å². The van der Waals surface area contributed by atoms with Crippen LogP contribution in [0.2, 0.25) is 0 Å². The molecule has 2 aliphatic rings. The Balaban J connectivity index is 1.67. The number of carbonyl (C=O) groups is 1. The van der Waals surface area contributed by atoms with Crippen LogP contribution in [0.1, 0.15) is 76.5 Å². The number of ether oxygens (including phenoxy) is 2. The summed E-state index contributed by atoms with van der Waals surface area (Å²) in [6.45, 7) is 6.71. The molecule has 1 aromatic rings. The first-order chi connectivity index (χ1) is 14.4. The largest absolute Gasteiger partial charge is 0.496 e. The quantitative estimate of drug-likeness (QED) is 0.614. The van der Waals surface area contributed by atoms with Crippen LogP contribution in [0, 0.1) is 11.3 Å². The summed E-state index contributed by atoms with van der Waals surface area (Å²) >= 11 is 0. The topological polar surface area (TPSA) is 82.8 Å². The van der Waals surface area contributed by atoms with Crippen molar-refractivity contribution in [3.05, 3.63) is 41.2 Å². The van der Waals surface area contributed by atoms with Gasteiger partial charge in [-0.05, 0) is 38.5 Å². The normalized spacial score (nSPS) is 22.2. The van der Waals surface area contributed by atoms with Crippen LogP contribution in [0.3, 0.4) is 0 Å². The zero-order chi connectivity index (χ0) is 21.7. The molecule has 2 heterocycles. The van der Waals surface area contributed by atoms with Gasteiger partial charge in [-0.1, -0.05) is 39.0 Å². The van der Waals surface area contributed by atoms with Crippen molar-refractivity contribution in [2.75, 3.05) is 13.2 Å². The SMILES string of the molecule is CCCCCCCCOC1=CC(=O)N([C@@H]2c3cc(C#N)ccc3OC(C)(C)[C@H]2O)C1. The van der Waals surface area contributed by atoms with Crippen LogP contribution in [0.25, 0.3) is 0 Å². The number of hydrogen-bond acceptors (Lipinski definition) is 5. The van der Waals surface area contributed by atoms with E-state index in [0.29, 0.717) is 35.8 Å². The number of amides is 1. The van der Waals surface area contributed by atoms with Gasteiger partial charge in [0.15, 0.2) is 0 Å². The second kappa shape index (κ2) is 9.53. The van der Waals surface area contributed by atoms with Gasteiger partial charge in [-0.15, -0.1) is 0 Å². The number of benzene rings is 1. The van der Waals surface area contributed by atoms with Crippen LogP contribution < -0.4 is 4.74 Å². The van der Waals surface area contributed by atoms with E-state index in [2.05, 4.69) is 13.0 Å². The molecular weight excluding hydrogens is 380 g/mol. The Morgan fingerprint density at radius 2 is 2.00 bits per heavy atom. The van der Waals surface area contributed by atoms with Crippen molar-refractivity contribution in [1.82, 2.24) is 4.90 Å². The van der Waals surface area contributed by atoms with Crippen LogP contribution in [0.5, 0.6) is 5.75 Å². The molecule has 0 saturated carbocycles. The molecule has 0 radical (unpaired) electrons. The number of rotatable bonds is 9.